The smallest absolute Gasteiger partial charge is 0.264 e. The maximum atomic E-state index is 13.2. The van der Waals surface area contributed by atoms with Crippen molar-refractivity contribution in [2.75, 3.05) is 18.4 Å². The number of amides is 1. The molecule has 194 valence electrons. The average Bonchev–Trinajstić information content (AvgIpc) is 2.90. The van der Waals surface area contributed by atoms with E-state index >= 15 is 0 Å². The molecule has 4 bridgehead atoms. The van der Waals surface area contributed by atoms with Gasteiger partial charge in [0.1, 0.15) is 11.9 Å². The van der Waals surface area contributed by atoms with Gasteiger partial charge in [-0.3, -0.25) is 4.79 Å². The van der Waals surface area contributed by atoms with Crippen molar-refractivity contribution in [2.24, 2.45) is 0 Å². The fraction of sp³-hybridized carbons (Fsp3) is 0.179. The van der Waals surface area contributed by atoms with E-state index in [4.69, 9.17) is 9.47 Å². The Morgan fingerprint density at radius 2 is 1.68 bits per heavy atom. The van der Waals surface area contributed by atoms with Crippen molar-refractivity contribution in [3.05, 3.63) is 95.1 Å². The number of anilines is 1. The largest absolute Gasteiger partial charge is 0.497 e. The number of carbonyl (C=O) groups is 1. The van der Waals surface area contributed by atoms with Crippen LogP contribution in [0.3, 0.4) is 0 Å². The van der Waals surface area contributed by atoms with Crippen LogP contribution in [0, 0.1) is 13.8 Å². The molecule has 2 heterocycles. The molecule has 5 rings (SSSR count). The second kappa shape index (κ2) is 10.1. The number of sulfonamides is 1. The summed E-state index contributed by atoms with van der Waals surface area (Å²) in [6.45, 7) is 4.00. The minimum Gasteiger partial charge on any atom is -0.497 e. The number of fused-ring (bicyclic) bond motifs is 4. The topological polar surface area (TPSA) is 120 Å². The zero-order valence-corrected chi connectivity index (χ0v) is 21.9. The summed E-state index contributed by atoms with van der Waals surface area (Å²) in [6, 6.07) is 20.6. The van der Waals surface area contributed by atoms with Crippen LogP contribution >= 0.6 is 0 Å². The van der Waals surface area contributed by atoms with Gasteiger partial charge >= 0.3 is 0 Å². The highest BCUT2D eigenvalue weighted by Crippen LogP contribution is 2.32. The first-order valence-electron chi connectivity index (χ1n) is 11.9. The number of benzene rings is 3. The van der Waals surface area contributed by atoms with E-state index in [0.29, 0.717) is 11.4 Å². The molecule has 0 fully saturated rings. The standard InChI is InChI=1S/C28H26N4O5S/c1-17-7-4-8-18(2)26(17)23-15-25-31-28(30-23)32-38(34,35)22-12-6-10-20(14-22)27(33)29-16-24(37-25)19-9-5-11-21(13-19)36-3/h4-15,24H,16H2,1-3H3,(H,29,33)(H,30,31,32). The van der Waals surface area contributed by atoms with Gasteiger partial charge < -0.3 is 14.8 Å². The number of aromatic nitrogens is 2. The molecule has 0 radical (unpaired) electrons. The summed E-state index contributed by atoms with van der Waals surface area (Å²) in [5.41, 5.74) is 4.21. The molecule has 1 aliphatic heterocycles. The van der Waals surface area contributed by atoms with Crippen LogP contribution in [-0.2, 0) is 10.0 Å². The van der Waals surface area contributed by atoms with Crippen molar-refractivity contribution < 1.29 is 22.7 Å². The predicted molar refractivity (Wildman–Crippen MR) is 143 cm³/mol. The maximum absolute atomic E-state index is 13.2. The monoisotopic (exact) mass is 530 g/mol. The number of methoxy groups -OCH3 is 1. The Balaban J connectivity index is 1.69. The number of nitrogens with one attached hydrogen (secondary N) is 2. The lowest BCUT2D eigenvalue weighted by atomic mass is 10.00. The molecule has 10 heteroatoms. The highest BCUT2D eigenvalue weighted by Gasteiger charge is 2.24. The Bertz CT molecular complexity index is 1620. The van der Waals surface area contributed by atoms with Crippen molar-refractivity contribution in [1.82, 2.24) is 15.3 Å². The number of hydrogen-bond acceptors (Lipinski definition) is 7. The molecule has 1 amide bonds. The molecule has 38 heavy (non-hydrogen) atoms. The van der Waals surface area contributed by atoms with Gasteiger partial charge in [0, 0.05) is 17.2 Å². The highest BCUT2D eigenvalue weighted by molar-refractivity contribution is 7.92. The van der Waals surface area contributed by atoms with Crippen molar-refractivity contribution in [1.29, 1.82) is 0 Å². The van der Waals surface area contributed by atoms with Gasteiger partial charge in [-0.15, -0.1) is 0 Å². The van der Waals surface area contributed by atoms with Gasteiger partial charge in [-0.1, -0.05) is 36.4 Å². The normalized spacial score (nSPS) is 16.5. The Morgan fingerprint density at radius 3 is 2.45 bits per heavy atom. The molecular weight excluding hydrogens is 504 g/mol. The molecule has 9 nitrogen and oxygen atoms in total. The first-order chi connectivity index (χ1) is 18.2. The van der Waals surface area contributed by atoms with Gasteiger partial charge in [-0.25, -0.2) is 18.1 Å². The van der Waals surface area contributed by atoms with E-state index in [1.165, 1.54) is 18.2 Å². The van der Waals surface area contributed by atoms with Crippen LogP contribution in [0.5, 0.6) is 11.6 Å². The predicted octanol–water partition coefficient (Wildman–Crippen LogP) is 4.43. The first kappa shape index (κ1) is 25.2. The average molecular weight is 531 g/mol. The van der Waals surface area contributed by atoms with E-state index in [9.17, 15) is 13.2 Å². The lowest BCUT2D eigenvalue weighted by molar-refractivity contribution is 0.0925. The fourth-order valence-corrected chi connectivity index (χ4v) is 5.35. The van der Waals surface area contributed by atoms with E-state index in [1.54, 1.807) is 19.2 Å². The zero-order valence-electron chi connectivity index (χ0n) is 21.1. The van der Waals surface area contributed by atoms with Crippen molar-refractivity contribution in [3.63, 3.8) is 0 Å². The minimum atomic E-state index is -4.10. The minimum absolute atomic E-state index is 0.0858. The summed E-state index contributed by atoms with van der Waals surface area (Å²) in [4.78, 5) is 21.8. The zero-order chi connectivity index (χ0) is 26.9. The Kier molecular flexibility index (Phi) is 6.73. The third-order valence-electron chi connectivity index (χ3n) is 6.25. The lowest BCUT2D eigenvalue weighted by Crippen LogP contribution is -2.30. The van der Waals surface area contributed by atoms with Crippen LogP contribution in [0.4, 0.5) is 5.95 Å². The third-order valence-corrected chi connectivity index (χ3v) is 7.57. The van der Waals surface area contributed by atoms with E-state index < -0.39 is 22.0 Å². The van der Waals surface area contributed by atoms with Gasteiger partial charge in [0.05, 0.1) is 24.2 Å². The van der Waals surface area contributed by atoms with Crippen molar-refractivity contribution in [2.45, 2.75) is 24.8 Å². The van der Waals surface area contributed by atoms with E-state index in [2.05, 4.69) is 20.0 Å². The molecule has 0 saturated carbocycles. The number of ether oxygens (including phenoxy) is 2. The maximum Gasteiger partial charge on any atom is 0.264 e. The summed E-state index contributed by atoms with van der Waals surface area (Å²) >= 11 is 0. The summed E-state index contributed by atoms with van der Waals surface area (Å²) in [5.74, 6) is 0.184. The van der Waals surface area contributed by atoms with Crippen molar-refractivity contribution in [3.8, 4) is 22.9 Å². The Morgan fingerprint density at radius 1 is 0.947 bits per heavy atom. The SMILES string of the molecule is COc1cccc(C2CNC(=O)c3cccc(c3)S(=O)(=O)Nc3nc(cc(-c4c(C)cccc4C)n3)O2)c1. The van der Waals surface area contributed by atoms with E-state index in [1.807, 2.05) is 56.3 Å². The van der Waals surface area contributed by atoms with Gasteiger partial charge in [0.15, 0.2) is 0 Å². The highest BCUT2D eigenvalue weighted by atomic mass is 32.2. The number of rotatable bonds is 3. The molecule has 4 aromatic rings. The van der Waals surface area contributed by atoms with Gasteiger partial charge in [0.2, 0.25) is 11.8 Å². The summed E-state index contributed by atoms with van der Waals surface area (Å²) in [5, 5.41) is 2.85. The molecule has 0 aliphatic carbocycles. The first-order valence-corrected chi connectivity index (χ1v) is 13.4. The molecule has 1 unspecified atom stereocenters. The number of hydrogen-bond donors (Lipinski definition) is 2. The molecule has 0 spiro atoms. The van der Waals surface area contributed by atoms with Gasteiger partial charge in [0.25, 0.3) is 15.9 Å². The van der Waals surface area contributed by atoms with E-state index in [0.717, 1.165) is 22.3 Å². The summed E-state index contributed by atoms with van der Waals surface area (Å²) < 4.78 is 40.6. The van der Waals surface area contributed by atoms with Crippen LogP contribution < -0.4 is 19.5 Å². The Hall–Kier alpha value is -4.44. The molecule has 0 saturated heterocycles. The van der Waals surface area contributed by atoms with Gasteiger partial charge in [-0.2, -0.15) is 4.98 Å². The lowest BCUT2D eigenvalue weighted by Gasteiger charge is -2.21. The molecule has 2 N–H and O–H groups in total. The van der Waals surface area contributed by atoms with Crippen LogP contribution in [0.15, 0.2) is 77.7 Å². The molecule has 1 aliphatic rings. The van der Waals surface area contributed by atoms with Crippen LogP contribution in [0.25, 0.3) is 11.3 Å². The molecule has 1 atom stereocenters. The van der Waals surface area contributed by atoms with Gasteiger partial charge in [-0.05, 0) is 60.9 Å². The number of nitrogens with zero attached hydrogens (tertiary/aromatic N) is 2. The summed E-state index contributed by atoms with van der Waals surface area (Å²) in [6.07, 6.45) is -0.664. The number of aryl methyl sites for hydroxylation is 2. The molecular formula is C28H26N4O5S. The number of carbonyl (C=O) groups excluding carboxylic acids is 1. The summed E-state index contributed by atoms with van der Waals surface area (Å²) in [7, 11) is -2.53. The third kappa shape index (κ3) is 5.16. The molecule has 1 aromatic heterocycles. The fourth-order valence-electron chi connectivity index (χ4n) is 4.36. The van der Waals surface area contributed by atoms with Crippen LogP contribution in [0.2, 0.25) is 0 Å². The van der Waals surface area contributed by atoms with E-state index in [-0.39, 0.29) is 28.8 Å². The van der Waals surface area contributed by atoms with Crippen LogP contribution in [-0.4, -0.2) is 37.9 Å². The van der Waals surface area contributed by atoms with Crippen molar-refractivity contribution >= 4 is 21.9 Å². The second-order valence-electron chi connectivity index (χ2n) is 8.91. The molecule has 3 aromatic carbocycles. The second-order valence-corrected chi connectivity index (χ2v) is 10.6. The quantitative estimate of drug-likeness (QED) is 0.402. The van der Waals surface area contributed by atoms with Crippen LogP contribution in [0.1, 0.15) is 33.2 Å². The Labute approximate surface area is 220 Å².